The Morgan fingerprint density at radius 2 is 1.89 bits per heavy atom. The molecule has 3 heteroatoms. The summed E-state index contributed by atoms with van der Waals surface area (Å²) in [4.78, 5) is 16.6. The number of nitrogens with zero attached hydrogens (tertiary/aromatic N) is 1. The lowest BCUT2D eigenvalue weighted by atomic mass is 1.90. The fourth-order valence-corrected chi connectivity index (χ4v) is 2.76. The van der Waals surface area contributed by atoms with E-state index >= 15 is 0 Å². The van der Waals surface area contributed by atoms with E-state index in [1.807, 2.05) is 45.9 Å². The predicted molar refractivity (Wildman–Crippen MR) is 79.5 cm³/mol. The number of nitrogens with two attached hydrogens (primary N) is 1. The quantitative estimate of drug-likeness (QED) is 0.823. The number of Topliss-reactive ketones (excluding diaryl/α,β-unsaturated/α-hetero) is 1. The molecule has 0 saturated carbocycles. The van der Waals surface area contributed by atoms with Crippen LogP contribution in [0.2, 0.25) is 0 Å². The van der Waals surface area contributed by atoms with Crippen LogP contribution >= 0.6 is 0 Å². The highest BCUT2D eigenvalue weighted by Gasteiger charge is 2.35. The Bertz CT molecular complexity index is 622. The summed E-state index contributed by atoms with van der Waals surface area (Å²) in [5.41, 5.74) is 10.3. The van der Waals surface area contributed by atoms with Crippen LogP contribution in [-0.4, -0.2) is 11.6 Å². The maximum absolute atomic E-state index is 12.0. The smallest absolute Gasteiger partial charge is 0.157 e. The van der Waals surface area contributed by atoms with Crippen LogP contribution < -0.4 is 5.73 Å². The molecule has 0 amide bonds. The van der Waals surface area contributed by atoms with E-state index in [0.29, 0.717) is 5.84 Å². The minimum atomic E-state index is -0.539. The van der Waals surface area contributed by atoms with Crippen molar-refractivity contribution in [2.45, 2.75) is 34.6 Å². The van der Waals surface area contributed by atoms with Crippen molar-refractivity contribution in [2.75, 3.05) is 0 Å². The van der Waals surface area contributed by atoms with Gasteiger partial charge in [-0.3, -0.25) is 4.79 Å². The molecule has 3 nitrogen and oxygen atoms in total. The van der Waals surface area contributed by atoms with Crippen LogP contribution in [0.3, 0.4) is 0 Å². The molecule has 0 bridgehead atoms. The monoisotopic (exact) mass is 244 g/mol. The molecule has 1 aliphatic rings. The third-order valence-electron chi connectivity index (χ3n) is 3.79. The third kappa shape index (κ3) is 2.09. The van der Waals surface area contributed by atoms with Crippen LogP contribution in [0.5, 0.6) is 0 Å². The molecule has 1 aromatic rings. The molecule has 0 unspecified atom stereocenters. The number of aryl methyl sites for hydroxylation is 1. The van der Waals surface area contributed by atoms with E-state index in [1.54, 1.807) is 6.92 Å². The zero-order valence-corrected chi connectivity index (χ0v) is 12.2. The van der Waals surface area contributed by atoms with Crippen LogP contribution in [0.25, 0.3) is 5.57 Å². The summed E-state index contributed by atoms with van der Waals surface area (Å²) in [5, 5.41) is 0. The Kier molecular flexibility index (Phi) is 3.09. The van der Waals surface area contributed by atoms with Gasteiger partial charge in [-0.1, -0.05) is 12.1 Å². The molecule has 19 heavy (non-hydrogen) atoms. The maximum Gasteiger partial charge on any atom is 0.157 e. The minimum Gasteiger partial charge on any atom is -0.386 e. The molecular formula is C16H20N2O. The first-order chi connectivity index (χ1) is 8.75. The van der Waals surface area contributed by atoms with E-state index in [9.17, 15) is 4.79 Å². The van der Waals surface area contributed by atoms with E-state index in [1.165, 1.54) is 0 Å². The number of ketones is 1. The van der Waals surface area contributed by atoms with Crippen molar-refractivity contribution >= 4 is 22.9 Å². The SMILES string of the molecule is CC(=O)C1=C(C)c2ccc(C)cc2N=C([2NH2])C1(C)C. The minimum absolute atomic E-state index is 0.0501. The number of carbonyl (C=O) groups is 1. The standard InChI is InChI=1S/C16H20N2O/c1-9-6-7-12-10(2)14(11(3)19)16(4,5)15(17)18-13(12)8-9/h6-8H,1-5H3,(H2,17,18)/i17-12. The predicted octanol–water partition coefficient (Wildman–Crippen LogP) is 3.39. The Hall–Kier alpha value is -1.90. The molecule has 1 heterocycles. The van der Waals surface area contributed by atoms with Gasteiger partial charge in [0.1, 0.15) is 5.84 Å². The van der Waals surface area contributed by atoms with Crippen molar-refractivity contribution in [1.82, 2.24) is 0 Å². The normalized spacial score (nSPS) is 17.6. The Morgan fingerprint density at radius 1 is 1.26 bits per heavy atom. The first-order valence-electron chi connectivity index (χ1n) is 6.43. The third-order valence-corrected chi connectivity index (χ3v) is 3.79. The molecule has 0 saturated heterocycles. The van der Waals surface area contributed by atoms with Gasteiger partial charge in [-0.2, -0.15) is 0 Å². The second-order valence-electron chi connectivity index (χ2n) is 5.70. The van der Waals surface area contributed by atoms with Gasteiger partial charge in [0.05, 0.1) is 11.1 Å². The second-order valence-corrected chi connectivity index (χ2v) is 5.70. The number of hydrogen-bond donors (Lipinski definition) is 1. The van der Waals surface area contributed by atoms with Gasteiger partial charge < -0.3 is 5.73 Å². The number of carbonyl (C=O) groups excluding carboxylic acids is 1. The molecule has 0 aliphatic carbocycles. The van der Waals surface area contributed by atoms with Gasteiger partial charge >= 0.3 is 0 Å². The van der Waals surface area contributed by atoms with Gasteiger partial charge in [0.15, 0.2) is 5.78 Å². The van der Waals surface area contributed by atoms with E-state index in [-0.39, 0.29) is 5.78 Å². The average molecular weight is 244 g/mol. The average Bonchev–Trinajstić information content (AvgIpc) is 2.33. The Balaban J connectivity index is 2.86. The Morgan fingerprint density at radius 3 is 2.47 bits per heavy atom. The molecule has 1 aromatic carbocycles. The maximum atomic E-state index is 12.0. The first kappa shape index (κ1) is 13.5. The zero-order chi connectivity index (χ0) is 14.4. The summed E-state index contributed by atoms with van der Waals surface area (Å²) < 4.78 is 0. The second kappa shape index (κ2) is 4.34. The molecule has 0 spiro atoms. The molecule has 0 aromatic heterocycles. The lowest BCUT2D eigenvalue weighted by Crippen LogP contribution is -2.35. The number of hydrogen-bond acceptors (Lipinski definition) is 3. The number of benzene rings is 1. The largest absolute Gasteiger partial charge is 0.386 e. The topological polar surface area (TPSA) is 55.5 Å². The summed E-state index contributed by atoms with van der Waals surface area (Å²) in [6.07, 6.45) is 0. The highest BCUT2D eigenvalue weighted by atomic mass is 16.1. The number of aliphatic imine (C=N–C) groups is 1. The molecule has 100 valence electrons. The van der Waals surface area contributed by atoms with Crippen LogP contribution in [0.4, 0.5) is 5.69 Å². The van der Waals surface area contributed by atoms with E-state index in [4.69, 9.17) is 5.73 Å². The first-order valence-corrected chi connectivity index (χ1v) is 6.43. The number of fused-ring (bicyclic) bond motifs is 1. The molecule has 0 atom stereocenters. The Labute approximate surface area is 114 Å². The van der Waals surface area contributed by atoms with Crippen molar-refractivity contribution in [2.24, 2.45) is 16.1 Å². The van der Waals surface area contributed by atoms with Crippen LogP contribution in [0.1, 0.15) is 38.8 Å². The zero-order valence-electron chi connectivity index (χ0n) is 12.2. The summed E-state index contributed by atoms with van der Waals surface area (Å²) in [7, 11) is 0. The highest BCUT2D eigenvalue weighted by Crippen LogP contribution is 2.40. The molecule has 2 N–H and O–H groups in total. The van der Waals surface area contributed by atoms with E-state index in [2.05, 4.69) is 4.99 Å². The number of rotatable bonds is 1. The van der Waals surface area contributed by atoms with Crippen molar-refractivity contribution in [1.29, 1.82) is 0 Å². The van der Waals surface area contributed by atoms with Crippen molar-refractivity contribution in [3.8, 4) is 0 Å². The van der Waals surface area contributed by atoms with Gasteiger partial charge in [-0.25, -0.2) is 4.99 Å². The number of allylic oxidation sites excluding steroid dienone is 1. The van der Waals surface area contributed by atoms with Crippen LogP contribution in [-0.2, 0) is 4.79 Å². The molecule has 0 fully saturated rings. The van der Waals surface area contributed by atoms with Gasteiger partial charge in [-0.15, -0.1) is 0 Å². The fraction of sp³-hybridized carbons (Fsp3) is 0.375. The van der Waals surface area contributed by atoms with Crippen molar-refractivity contribution in [3.05, 3.63) is 34.9 Å². The van der Waals surface area contributed by atoms with Crippen LogP contribution in [0, 0.1) is 12.3 Å². The van der Waals surface area contributed by atoms with Gasteiger partial charge in [0.25, 0.3) is 0 Å². The molecular weight excluding hydrogens is 224 g/mol. The highest BCUT2D eigenvalue weighted by molar-refractivity contribution is 6.11. The van der Waals surface area contributed by atoms with Crippen molar-refractivity contribution < 1.29 is 4.79 Å². The molecule has 1 aliphatic heterocycles. The summed E-state index contributed by atoms with van der Waals surface area (Å²) in [6.45, 7) is 9.48. The summed E-state index contributed by atoms with van der Waals surface area (Å²) >= 11 is 0. The summed E-state index contributed by atoms with van der Waals surface area (Å²) in [5.74, 6) is 0.537. The van der Waals surface area contributed by atoms with Crippen LogP contribution in [0.15, 0.2) is 28.8 Å². The van der Waals surface area contributed by atoms with Gasteiger partial charge in [0, 0.05) is 11.1 Å². The molecule has 2 rings (SSSR count). The van der Waals surface area contributed by atoms with Crippen molar-refractivity contribution in [3.63, 3.8) is 0 Å². The summed E-state index contributed by atoms with van der Waals surface area (Å²) in [6, 6.07) is 6.05. The lowest BCUT2D eigenvalue weighted by Gasteiger charge is -2.26. The number of amidine groups is 1. The van der Waals surface area contributed by atoms with Gasteiger partial charge in [0.2, 0.25) is 0 Å². The fourth-order valence-electron chi connectivity index (χ4n) is 2.76. The van der Waals surface area contributed by atoms with E-state index < -0.39 is 5.41 Å². The molecule has 0 radical (unpaired) electrons. The van der Waals surface area contributed by atoms with Gasteiger partial charge in [-0.05, 0) is 51.8 Å². The van der Waals surface area contributed by atoms with E-state index in [0.717, 1.165) is 28.0 Å². The lowest BCUT2D eigenvalue weighted by molar-refractivity contribution is -0.114.